The second kappa shape index (κ2) is 6.39. The molecule has 110 valence electrons. The van der Waals surface area contributed by atoms with Crippen LogP contribution in [0, 0.1) is 5.41 Å². The summed E-state index contributed by atoms with van der Waals surface area (Å²) in [5, 5.41) is 10.2. The maximum Gasteiger partial charge on any atom is 0.125 e. The second-order valence-electron chi connectivity index (χ2n) is 6.10. The van der Waals surface area contributed by atoms with Crippen molar-refractivity contribution in [3.05, 3.63) is 58.3 Å². The number of aromatic hydroxyl groups is 1. The quantitative estimate of drug-likeness (QED) is 0.835. The van der Waals surface area contributed by atoms with Crippen LogP contribution in [0.1, 0.15) is 32.0 Å². The summed E-state index contributed by atoms with van der Waals surface area (Å²) in [6, 6.07) is 11.0. The van der Waals surface area contributed by atoms with E-state index in [1.807, 2.05) is 24.3 Å². The highest BCUT2D eigenvalue weighted by atomic mass is 79.9. The molecule has 4 heteroatoms. The molecular formula is C17H19BrN2O. The molecule has 21 heavy (non-hydrogen) atoms. The molecule has 0 amide bonds. The lowest BCUT2D eigenvalue weighted by Crippen LogP contribution is -2.14. The Morgan fingerprint density at radius 3 is 2.62 bits per heavy atom. The van der Waals surface area contributed by atoms with Crippen LogP contribution in [0.4, 0.5) is 0 Å². The molecule has 3 nitrogen and oxygen atoms in total. The first kappa shape index (κ1) is 15.7. The van der Waals surface area contributed by atoms with E-state index in [1.165, 1.54) is 0 Å². The summed E-state index contributed by atoms with van der Waals surface area (Å²) in [5.74, 6) is 0.205. The zero-order valence-corrected chi connectivity index (χ0v) is 14.1. The van der Waals surface area contributed by atoms with Crippen molar-refractivity contribution in [2.45, 2.75) is 20.8 Å². The van der Waals surface area contributed by atoms with Crippen molar-refractivity contribution in [2.24, 2.45) is 10.4 Å². The SMILES string of the molecule is CC(C)(C)CN=C(c1ccccn1)c1cc(Br)ccc1O. The Morgan fingerprint density at radius 1 is 1.24 bits per heavy atom. The number of phenols is 1. The van der Waals surface area contributed by atoms with E-state index in [0.717, 1.165) is 10.2 Å². The number of rotatable bonds is 3. The van der Waals surface area contributed by atoms with Crippen LogP contribution in [-0.4, -0.2) is 22.3 Å². The van der Waals surface area contributed by atoms with Gasteiger partial charge in [0.2, 0.25) is 0 Å². The van der Waals surface area contributed by atoms with Gasteiger partial charge in [0, 0.05) is 22.8 Å². The molecule has 0 atom stereocenters. The fraction of sp³-hybridized carbons (Fsp3) is 0.294. The van der Waals surface area contributed by atoms with Crippen molar-refractivity contribution in [3.8, 4) is 5.75 Å². The van der Waals surface area contributed by atoms with Crippen LogP contribution >= 0.6 is 15.9 Å². The minimum absolute atomic E-state index is 0.0711. The summed E-state index contributed by atoms with van der Waals surface area (Å²) in [6.07, 6.45) is 1.73. The number of pyridine rings is 1. The molecule has 0 aliphatic carbocycles. The predicted molar refractivity (Wildman–Crippen MR) is 90.0 cm³/mol. The van der Waals surface area contributed by atoms with Gasteiger partial charge in [-0.2, -0.15) is 0 Å². The van der Waals surface area contributed by atoms with Crippen molar-refractivity contribution in [2.75, 3.05) is 6.54 Å². The fourth-order valence-corrected chi connectivity index (χ4v) is 2.18. The zero-order valence-electron chi connectivity index (χ0n) is 12.5. The topological polar surface area (TPSA) is 45.5 Å². The summed E-state index contributed by atoms with van der Waals surface area (Å²) in [6.45, 7) is 7.05. The Labute approximate surface area is 133 Å². The van der Waals surface area contributed by atoms with Crippen molar-refractivity contribution < 1.29 is 5.11 Å². The van der Waals surface area contributed by atoms with Gasteiger partial charge in [-0.25, -0.2) is 0 Å². The van der Waals surface area contributed by atoms with Crippen LogP contribution in [0.3, 0.4) is 0 Å². The molecule has 1 heterocycles. The van der Waals surface area contributed by atoms with Crippen LogP contribution < -0.4 is 0 Å². The van der Waals surface area contributed by atoms with Crippen molar-refractivity contribution in [1.29, 1.82) is 0 Å². The van der Waals surface area contributed by atoms with Gasteiger partial charge in [0.05, 0.1) is 11.4 Å². The van der Waals surface area contributed by atoms with E-state index >= 15 is 0 Å². The third kappa shape index (κ3) is 4.39. The van der Waals surface area contributed by atoms with Gasteiger partial charge in [0.15, 0.2) is 0 Å². The molecule has 0 saturated carbocycles. The van der Waals surface area contributed by atoms with E-state index in [1.54, 1.807) is 18.3 Å². The smallest absolute Gasteiger partial charge is 0.125 e. The molecule has 0 fully saturated rings. The van der Waals surface area contributed by atoms with E-state index in [9.17, 15) is 5.11 Å². The van der Waals surface area contributed by atoms with Gasteiger partial charge in [-0.05, 0) is 35.7 Å². The Hall–Kier alpha value is -1.68. The van der Waals surface area contributed by atoms with Gasteiger partial charge in [-0.1, -0.05) is 42.8 Å². The maximum atomic E-state index is 10.2. The molecule has 0 spiro atoms. The van der Waals surface area contributed by atoms with E-state index < -0.39 is 0 Å². The van der Waals surface area contributed by atoms with Crippen LogP contribution in [-0.2, 0) is 0 Å². The molecule has 0 unspecified atom stereocenters. The first-order chi connectivity index (χ1) is 9.87. The third-order valence-electron chi connectivity index (χ3n) is 2.83. The predicted octanol–water partition coefficient (Wildman–Crippen LogP) is 4.43. The van der Waals surface area contributed by atoms with Crippen molar-refractivity contribution in [3.63, 3.8) is 0 Å². The monoisotopic (exact) mass is 346 g/mol. The summed E-state index contributed by atoms with van der Waals surface area (Å²) in [7, 11) is 0. The Balaban J connectivity index is 2.53. The van der Waals surface area contributed by atoms with Gasteiger partial charge in [-0.3, -0.25) is 9.98 Å². The van der Waals surface area contributed by atoms with Crippen molar-refractivity contribution in [1.82, 2.24) is 4.98 Å². The lowest BCUT2D eigenvalue weighted by molar-refractivity contribution is 0.429. The van der Waals surface area contributed by atoms with Gasteiger partial charge in [0.1, 0.15) is 5.75 Å². The van der Waals surface area contributed by atoms with Crippen molar-refractivity contribution >= 4 is 21.6 Å². The summed E-state index contributed by atoms with van der Waals surface area (Å²) in [4.78, 5) is 9.08. The molecule has 1 aromatic heterocycles. The lowest BCUT2D eigenvalue weighted by atomic mass is 9.96. The van der Waals surface area contributed by atoms with E-state index in [0.29, 0.717) is 17.8 Å². The largest absolute Gasteiger partial charge is 0.507 e. The van der Waals surface area contributed by atoms with Gasteiger partial charge in [0.25, 0.3) is 0 Å². The van der Waals surface area contributed by atoms with Crippen LogP contribution in [0.2, 0.25) is 0 Å². The first-order valence-corrected chi connectivity index (χ1v) is 7.61. The van der Waals surface area contributed by atoms with Crippen LogP contribution in [0.25, 0.3) is 0 Å². The summed E-state index contributed by atoms with van der Waals surface area (Å²) >= 11 is 3.44. The summed E-state index contributed by atoms with van der Waals surface area (Å²) in [5.41, 5.74) is 2.23. The summed E-state index contributed by atoms with van der Waals surface area (Å²) < 4.78 is 0.898. The number of phenolic OH excluding ortho intramolecular Hbond substituents is 1. The lowest BCUT2D eigenvalue weighted by Gasteiger charge is -2.16. The highest BCUT2D eigenvalue weighted by Crippen LogP contribution is 2.25. The first-order valence-electron chi connectivity index (χ1n) is 6.81. The van der Waals surface area contributed by atoms with Gasteiger partial charge >= 0.3 is 0 Å². The number of nitrogens with zero attached hydrogens (tertiary/aromatic N) is 2. The Morgan fingerprint density at radius 2 is 2.00 bits per heavy atom. The zero-order chi connectivity index (χ0) is 15.5. The number of aliphatic imine (C=N–C) groups is 1. The third-order valence-corrected chi connectivity index (χ3v) is 3.33. The number of halogens is 1. The molecule has 0 aliphatic heterocycles. The van der Waals surface area contributed by atoms with Gasteiger partial charge in [-0.15, -0.1) is 0 Å². The maximum absolute atomic E-state index is 10.2. The Kier molecular flexibility index (Phi) is 4.78. The molecule has 0 radical (unpaired) electrons. The molecule has 1 N–H and O–H groups in total. The van der Waals surface area contributed by atoms with E-state index in [4.69, 9.17) is 4.99 Å². The molecule has 0 saturated heterocycles. The normalized spacial score (nSPS) is 12.5. The van der Waals surface area contributed by atoms with Crippen LogP contribution in [0.5, 0.6) is 5.75 Å². The Bertz CT molecular complexity index is 646. The highest BCUT2D eigenvalue weighted by Gasteiger charge is 2.16. The molecule has 0 aliphatic rings. The average Bonchev–Trinajstić information content (AvgIpc) is 2.43. The van der Waals surface area contributed by atoms with Crippen LogP contribution in [0.15, 0.2) is 52.1 Å². The molecule has 2 rings (SSSR count). The number of aromatic nitrogens is 1. The minimum Gasteiger partial charge on any atom is -0.507 e. The molecule has 1 aromatic carbocycles. The van der Waals surface area contributed by atoms with Gasteiger partial charge < -0.3 is 5.11 Å². The molecule has 2 aromatic rings. The highest BCUT2D eigenvalue weighted by molar-refractivity contribution is 9.10. The number of hydrogen-bond donors (Lipinski definition) is 1. The minimum atomic E-state index is 0.0711. The molecule has 0 bridgehead atoms. The molecular weight excluding hydrogens is 328 g/mol. The van der Waals surface area contributed by atoms with E-state index in [-0.39, 0.29) is 11.2 Å². The number of benzene rings is 1. The average molecular weight is 347 g/mol. The number of hydrogen-bond acceptors (Lipinski definition) is 3. The second-order valence-corrected chi connectivity index (χ2v) is 7.02. The standard InChI is InChI=1S/C17H19BrN2O/c1-17(2,3)11-20-16(14-6-4-5-9-19-14)13-10-12(18)7-8-15(13)21/h4-10,21H,11H2,1-3H3. The fourth-order valence-electron chi connectivity index (χ4n) is 1.82. The van der Waals surface area contributed by atoms with E-state index in [2.05, 4.69) is 41.7 Å².